The van der Waals surface area contributed by atoms with Gasteiger partial charge in [0.25, 0.3) is 5.91 Å². The minimum Gasteiger partial charge on any atom is -0.340 e. The fourth-order valence-corrected chi connectivity index (χ4v) is 4.58. The molecule has 1 fully saturated rings. The first-order valence-electron chi connectivity index (χ1n) is 9.66. The highest BCUT2D eigenvalue weighted by Gasteiger charge is 2.35. The van der Waals surface area contributed by atoms with E-state index in [9.17, 15) is 9.18 Å². The molecule has 30 heavy (non-hydrogen) atoms. The van der Waals surface area contributed by atoms with Gasteiger partial charge in [0.05, 0.1) is 24.0 Å². The number of hydrogen-bond donors (Lipinski definition) is 1. The Balaban J connectivity index is 1.55. The van der Waals surface area contributed by atoms with Gasteiger partial charge in [0, 0.05) is 11.4 Å². The summed E-state index contributed by atoms with van der Waals surface area (Å²) in [7, 11) is 0. The van der Waals surface area contributed by atoms with Crippen molar-refractivity contribution in [1.82, 2.24) is 29.9 Å². The lowest BCUT2D eigenvalue weighted by Crippen LogP contribution is -2.32. The fraction of sp³-hybridized carbons (Fsp3) is 0.238. The van der Waals surface area contributed by atoms with Gasteiger partial charge in [-0.1, -0.05) is 12.1 Å². The van der Waals surface area contributed by atoms with Crippen LogP contribution in [0.2, 0.25) is 0 Å². The van der Waals surface area contributed by atoms with Gasteiger partial charge < -0.3 is 9.88 Å². The number of nitrogens with zero attached hydrogens (tertiary/aromatic N) is 5. The summed E-state index contributed by atoms with van der Waals surface area (Å²) < 4.78 is 14.8. The Kier molecular flexibility index (Phi) is 4.74. The second-order valence-electron chi connectivity index (χ2n) is 7.09. The number of fused-ring (bicyclic) bond motifs is 1. The minimum atomic E-state index is -0.588. The van der Waals surface area contributed by atoms with Crippen LogP contribution >= 0.6 is 11.8 Å². The number of carbonyl (C=O) groups excluding carboxylic acids is 1. The Hall–Kier alpha value is -3.20. The maximum atomic E-state index is 14.8. The summed E-state index contributed by atoms with van der Waals surface area (Å²) >= 11 is 1.63. The number of rotatable bonds is 4. The number of amides is 1. The molecule has 0 spiro atoms. The van der Waals surface area contributed by atoms with Crippen molar-refractivity contribution in [3.63, 3.8) is 0 Å². The van der Waals surface area contributed by atoms with Crippen LogP contribution in [-0.2, 0) is 0 Å². The average Bonchev–Trinajstić information content (AvgIpc) is 3.52. The van der Waals surface area contributed by atoms with Gasteiger partial charge in [-0.15, -0.1) is 11.8 Å². The van der Waals surface area contributed by atoms with E-state index in [-0.39, 0.29) is 17.5 Å². The number of para-hydroxylation sites is 1. The van der Waals surface area contributed by atoms with E-state index in [0.717, 1.165) is 34.6 Å². The zero-order valence-electron chi connectivity index (χ0n) is 16.2. The van der Waals surface area contributed by atoms with Crippen LogP contribution in [0.3, 0.4) is 0 Å². The predicted octanol–water partition coefficient (Wildman–Crippen LogP) is 3.98. The number of likely N-dealkylation sites (tertiary alicyclic amines) is 1. The first-order chi connectivity index (χ1) is 14.7. The third-order valence-electron chi connectivity index (χ3n) is 5.38. The van der Waals surface area contributed by atoms with Crippen LogP contribution in [0.1, 0.15) is 35.1 Å². The van der Waals surface area contributed by atoms with Crippen molar-refractivity contribution in [3.05, 3.63) is 66.0 Å². The molecular formula is C21H19FN6OS. The molecule has 0 radical (unpaired) electrons. The Morgan fingerprint density at radius 1 is 1.20 bits per heavy atom. The summed E-state index contributed by atoms with van der Waals surface area (Å²) in [6.45, 7) is 0.538. The van der Waals surface area contributed by atoms with Crippen LogP contribution in [0.5, 0.6) is 0 Å². The number of nitrogens with one attached hydrogen (secondary N) is 1. The van der Waals surface area contributed by atoms with Crippen molar-refractivity contribution < 1.29 is 9.18 Å². The number of carbonyl (C=O) groups is 1. The van der Waals surface area contributed by atoms with Crippen LogP contribution in [0, 0.1) is 5.82 Å². The molecule has 0 bridgehead atoms. The zero-order chi connectivity index (χ0) is 20.7. The summed E-state index contributed by atoms with van der Waals surface area (Å²) in [6, 6.07) is 10.2. The quantitative estimate of drug-likeness (QED) is 0.503. The van der Waals surface area contributed by atoms with Crippen molar-refractivity contribution >= 4 is 28.7 Å². The van der Waals surface area contributed by atoms with E-state index >= 15 is 0 Å². The number of hydrogen-bond acceptors (Lipinski definition) is 5. The molecule has 9 heteroatoms. The molecule has 1 saturated heterocycles. The number of thioether (sulfide) groups is 1. The van der Waals surface area contributed by atoms with Crippen molar-refractivity contribution in [2.75, 3.05) is 12.8 Å². The van der Waals surface area contributed by atoms with Gasteiger partial charge in [-0.05, 0) is 43.4 Å². The molecule has 4 aromatic rings. The van der Waals surface area contributed by atoms with Crippen LogP contribution in [0.15, 0.2) is 53.7 Å². The normalized spacial score (nSPS) is 16.5. The number of imidazole rings is 1. The van der Waals surface area contributed by atoms with Crippen LogP contribution in [0.25, 0.3) is 16.7 Å². The maximum Gasteiger partial charge on any atom is 0.259 e. The third kappa shape index (κ3) is 3.06. The van der Waals surface area contributed by atoms with Gasteiger partial charge in [0.1, 0.15) is 28.4 Å². The molecule has 7 nitrogen and oxygen atoms in total. The monoisotopic (exact) mass is 422 g/mol. The number of halogens is 1. The Labute approximate surface area is 176 Å². The summed E-state index contributed by atoms with van der Waals surface area (Å²) in [5.41, 5.74) is 2.13. The van der Waals surface area contributed by atoms with Gasteiger partial charge in [-0.2, -0.15) is 15.0 Å². The highest BCUT2D eigenvalue weighted by Crippen LogP contribution is 2.35. The molecule has 1 aliphatic heterocycles. The SMILES string of the molecule is CSc1cccc2[nH]c(C3CCCN3C(=O)c3c(F)cccc3-n3nccn3)nc12. The Morgan fingerprint density at radius 2 is 2.00 bits per heavy atom. The fourth-order valence-electron chi connectivity index (χ4n) is 4.02. The topological polar surface area (TPSA) is 79.7 Å². The van der Waals surface area contributed by atoms with E-state index in [1.807, 2.05) is 24.5 Å². The van der Waals surface area contributed by atoms with E-state index < -0.39 is 5.82 Å². The van der Waals surface area contributed by atoms with Gasteiger partial charge in [0.15, 0.2) is 0 Å². The second kappa shape index (κ2) is 7.56. The highest BCUT2D eigenvalue weighted by atomic mass is 32.2. The largest absolute Gasteiger partial charge is 0.340 e. The Morgan fingerprint density at radius 3 is 2.80 bits per heavy atom. The lowest BCUT2D eigenvalue weighted by atomic mass is 10.1. The molecule has 0 saturated carbocycles. The van der Waals surface area contributed by atoms with Crippen LogP contribution < -0.4 is 0 Å². The van der Waals surface area contributed by atoms with E-state index in [4.69, 9.17) is 4.98 Å². The van der Waals surface area contributed by atoms with Gasteiger partial charge in [-0.3, -0.25) is 4.79 Å². The first kappa shape index (κ1) is 18.8. The first-order valence-corrected chi connectivity index (χ1v) is 10.9. The van der Waals surface area contributed by atoms with Crippen molar-refractivity contribution in [1.29, 1.82) is 0 Å². The second-order valence-corrected chi connectivity index (χ2v) is 7.94. The molecular weight excluding hydrogens is 403 g/mol. The van der Waals surface area contributed by atoms with E-state index in [2.05, 4.69) is 15.2 Å². The standard InChI is InChI=1S/C21H19FN6OS/c1-30-17-9-3-6-14-19(17)26-20(25-14)16-8-4-12-27(16)21(29)18-13(22)5-2-7-15(18)28-23-10-11-24-28/h2-3,5-7,9-11,16H,4,8,12H2,1H3,(H,25,26). The van der Waals surface area contributed by atoms with Gasteiger partial charge >= 0.3 is 0 Å². The molecule has 2 aromatic carbocycles. The number of aromatic amines is 1. The van der Waals surface area contributed by atoms with Gasteiger partial charge in [0.2, 0.25) is 0 Å². The lowest BCUT2D eigenvalue weighted by molar-refractivity contribution is 0.0725. The molecule has 5 rings (SSSR count). The Bertz CT molecular complexity index is 1220. The van der Waals surface area contributed by atoms with E-state index in [0.29, 0.717) is 12.2 Å². The zero-order valence-corrected chi connectivity index (χ0v) is 17.1. The molecule has 152 valence electrons. The van der Waals surface area contributed by atoms with Crippen LogP contribution in [-0.4, -0.2) is 48.6 Å². The highest BCUT2D eigenvalue weighted by molar-refractivity contribution is 7.98. The van der Waals surface area contributed by atoms with Crippen molar-refractivity contribution in [2.24, 2.45) is 0 Å². The number of aromatic nitrogens is 5. The molecule has 1 amide bonds. The molecule has 3 heterocycles. The number of H-pyrrole nitrogens is 1. The minimum absolute atomic E-state index is 0.0264. The molecule has 1 N–H and O–H groups in total. The average molecular weight is 422 g/mol. The molecule has 1 unspecified atom stereocenters. The summed E-state index contributed by atoms with van der Waals surface area (Å²) in [5.74, 6) is -0.240. The third-order valence-corrected chi connectivity index (χ3v) is 6.15. The summed E-state index contributed by atoms with van der Waals surface area (Å²) in [4.78, 5) is 25.7. The van der Waals surface area contributed by atoms with Crippen molar-refractivity contribution in [2.45, 2.75) is 23.8 Å². The summed E-state index contributed by atoms with van der Waals surface area (Å²) in [5, 5.41) is 8.14. The summed E-state index contributed by atoms with van der Waals surface area (Å²) in [6.07, 6.45) is 6.60. The number of benzene rings is 2. The van der Waals surface area contributed by atoms with Gasteiger partial charge in [-0.25, -0.2) is 9.37 Å². The van der Waals surface area contributed by atoms with Crippen LogP contribution in [0.4, 0.5) is 4.39 Å². The molecule has 2 aromatic heterocycles. The molecule has 1 atom stereocenters. The predicted molar refractivity (Wildman–Crippen MR) is 112 cm³/mol. The molecule has 0 aliphatic carbocycles. The van der Waals surface area contributed by atoms with E-state index in [1.165, 1.54) is 23.3 Å². The van der Waals surface area contributed by atoms with E-state index in [1.54, 1.807) is 28.8 Å². The molecule has 1 aliphatic rings. The van der Waals surface area contributed by atoms with Crippen molar-refractivity contribution in [3.8, 4) is 5.69 Å². The maximum absolute atomic E-state index is 14.8. The smallest absolute Gasteiger partial charge is 0.259 e. The lowest BCUT2D eigenvalue weighted by Gasteiger charge is -2.24.